The first kappa shape index (κ1) is 17.6. The van der Waals surface area contributed by atoms with E-state index in [0.717, 1.165) is 0 Å². The first-order valence-electron chi connectivity index (χ1n) is 6.78. The molecule has 1 amide bonds. The summed E-state index contributed by atoms with van der Waals surface area (Å²) in [7, 11) is 0. The summed E-state index contributed by atoms with van der Waals surface area (Å²) in [6, 6.07) is 8.37. The highest BCUT2D eigenvalue weighted by atomic mass is 16.4. The third kappa shape index (κ3) is 3.62. The number of carbonyl (C=O) groups excluding carboxylic acids is 1. The van der Waals surface area contributed by atoms with Gasteiger partial charge in [-0.15, -0.1) is 0 Å². The summed E-state index contributed by atoms with van der Waals surface area (Å²) in [5.74, 6) is -3.50. The Hall–Kier alpha value is -2.41. The summed E-state index contributed by atoms with van der Waals surface area (Å²) in [6.07, 6.45) is -0.113. The lowest BCUT2D eigenvalue weighted by Crippen LogP contribution is -2.67. The fourth-order valence-electron chi connectivity index (χ4n) is 1.95. The van der Waals surface area contributed by atoms with Gasteiger partial charge in [0.05, 0.1) is 0 Å². The van der Waals surface area contributed by atoms with Gasteiger partial charge < -0.3 is 15.5 Å². The Balaban J connectivity index is 3.14. The molecular formula is C15H20N2O5. The molecule has 1 atom stereocenters. The van der Waals surface area contributed by atoms with Crippen LogP contribution < -0.4 is 10.6 Å². The number of hydrogen-bond donors (Lipinski definition) is 4. The van der Waals surface area contributed by atoms with Gasteiger partial charge in [-0.3, -0.25) is 14.9 Å². The molecule has 0 aromatic heterocycles. The van der Waals surface area contributed by atoms with Gasteiger partial charge in [0, 0.05) is 5.69 Å². The smallest absolute Gasteiger partial charge is 0.333 e. The first-order chi connectivity index (χ1) is 10.2. The van der Waals surface area contributed by atoms with Crippen LogP contribution in [-0.4, -0.2) is 39.1 Å². The second-order valence-electron chi connectivity index (χ2n) is 5.44. The molecule has 0 aliphatic carbocycles. The molecular weight excluding hydrogens is 288 g/mol. The van der Waals surface area contributed by atoms with Crippen LogP contribution in [0.15, 0.2) is 30.3 Å². The normalized spacial score (nSPS) is 14.0. The highest BCUT2D eigenvalue weighted by Gasteiger charge is 2.49. The molecule has 0 saturated heterocycles. The van der Waals surface area contributed by atoms with Crippen molar-refractivity contribution in [1.29, 1.82) is 0 Å². The van der Waals surface area contributed by atoms with Crippen LogP contribution in [0.3, 0.4) is 0 Å². The summed E-state index contributed by atoms with van der Waals surface area (Å²) in [4.78, 5) is 35.4. The van der Waals surface area contributed by atoms with E-state index in [4.69, 9.17) is 5.11 Å². The highest BCUT2D eigenvalue weighted by Crippen LogP contribution is 2.20. The van der Waals surface area contributed by atoms with E-state index in [1.54, 1.807) is 30.3 Å². The number of nitrogens with one attached hydrogen (secondary N) is 2. The van der Waals surface area contributed by atoms with Crippen LogP contribution in [0.4, 0.5) is 5.69 Å². The number of carboxylic acid groups (broad SMARTS) is 2. The van der Waals surface area contributed by atoms with Crippen molar-refractivity contribution in [2.24, 2.45) is 0 Å². The van der Waals surface area contributed by atoms with E-state index in [1.807, 2.05) is 0 Å². The van der Waals surface area contributed by atoms with Gasteiger partial charge in [0.15, 0.2) is 5.54 Å². The molecule has 0 fully saturated rings. The van der Waals surface area contributed by atoms with Crippen LogP contribution in [0.25, 0.3) is 0 Å². The SMILES string of the molecule is CCC(NC(C)(C)C(=O)O)(C(=O)O)C(=O)Nc1ccccc1. The molecule has 1 aromatic carbocycles. The van der Waals surface area contributed by atoms with Crippen LogP contribution in [0.1, 0.15) is 27.2 Å². The molecule has 1 unspecified atom stereocenters. The minimum absolute atomic E-state index is 0.113. The molecule has 7 heteroatoms. The maximum Gasteiger partial charge on any atom is 0.333 e. The molecule has 22 heavy (non-hydrogen) atoms. The zero-order valence-corrected chi connectivity index (χ0v) is 12.7. The van der Waals surface area contributed by atoms with Crippen LogP contribution in [0.2, 0.25) is 0 Å². The number of para-hydroxylation sites is 1. The van der Waals surface area contributed by atoms with Crippen LogP contribution in [-0.2, 0) is 14.4 Å². The lowest BCUT2D eigenvalue weighted by Gasteiger charge is -2.34. The minimum Gasteiger partial charge on any atom is -0.480 e. The van der Waals surface area contributed by atoms with Gasteiger partial charge >= 0.3 is 11.9 Å². The Morgan fingerprint density at radius 3 is 2.00 bits per heavy atom. The van der Waals surface area contributed by atoms with Crippen LogP contribution in [0.5, 0.6) is 0 Å². The zero-order chi connectivity index (χ0) is 17.0. The molecule has 0 radical (unpaired) electrons. The number of amides is 1. The predicted octanol–water partition coefficient (Wildman–Crippen LogP) is 1.31. The molecule has 0 aliphatic rings. The second-order valence-corrected chi connectivity index (χ2v) is 5.44. The predicted molar refractivity (Wildman–Crippen MR) is 80.6 cm³/mol. The Morgan fingerprint density at radius 2 is 1.59 bits per heavy atom. The maximum absolute atomic E-state index is 12.5. The van der Waals surface area contributed by atoms with Gasteiger partial charge in [0.2, 0.25) is 0 Å². The van der Waals surface area contributed by atoms with Crippen LogP contribution in [0, 0.1) is 0 Å². The van der Waals surface area contributed by atoms with E-state index >= 15 is 0 Å². The largest absolute Gasteiger partial charge is 0.480 e. The standard InChI is InChI=1S/C15H20N2O5/c1-4-15(13(21)22,17-14(2,3)12(19)20)11(18)16-10-8-6-5-7-9-10/h5-9,17H,4H2,1-3H3,(H,16,18)(H,19,20)(H,21,22). The third-order valence-electron chi connectivity index (χ3n) is 3.38. The van der Waals surface area contributed by atoms with E-state index < -0.39 is 28.9 Å². The monoisotopic (exact) mass is 308 g/mol. The van der Waals surface area contributed by atoms with E-state index in [9.17, 15) is 19.5 Å². The Bertz CT molecular complexity index is 571. The molecule has 120 valence electrons. The molecule has 1 aromatic rings. The van der Waals surface area contributed by atoms with Gasteiger partial charge in [-0.1, -0.05) is 25.1 Å². The van der Waals surface area contributed by atoms with Crippen LogP contribution >= 0.6 is 0 Å². The van der Waals surface area contributed by atoms with Crippen molar-refractivity contribution in [2.45, 2.75) is 38.3 Å². The fourth-order valence-corrected chi connectivity index (χ4v) is 1.95. The summed E-state index contributed by atoms with van der Waals surface area (Å²) in [6.45, 7) is 4.11. The van der Waals surface area contributed by atoms with Crippen molar-refractivity contribution >= 4 is 23.5 Å². The van der Waals surface area contributed by atoms with Gasteiger partial charge in [0.1, 0.15) is 5.54 Å². The Morgan fingerprint density at radius 1 is 1.05 bits per heavy atom. The lowest BCUT2D eigenvalue weighted by atomic mass is 9.90. The van der Waals surface area contributed by atoms with Crippen molar-refractivity contribution in [3.05, 3.63) is 30.3 Å². The average Bonchev–Trinajstić information content (AvgIpc) is 2.45. The molecule has 0 aliphatic heterocycles. The lowest BCUT2D eigenvalue weighted by molar-refractivity contribution is -0.153. The van der Waals surface area contributed by atoms with E-state index in [1.165, 1.54) is 20.8 Å². The molecule has 0 heterocycles. The van der Waals surface area contributed by atoms with Gasteiger partial charge in [-0.25, -0.2) is 4.79 Å². The number of carboxylic acids is 2. The molecule has 0 saturated carbocycles. The molecule has 0 bridgehead atoms. The van der Waals surface area contributed by atoms with Crippen molar-refractivity contribution in [2.75, 3.05) is 5.32 Å². The van der Waals surface area contributed by atoms with Gasteiger partial charge in [0.25, 0.3) is 5.91 Å². The highest BCUT2D eigenvalue weighted by molar-refractivity contribution is 6.13. The zero-order valence-electron chi connectivity index (χ0n) is 12.7. The quantitative estimate of drug-likeness (QED) is 0.564. The molecule has 7 nitrogen and oxygen atoms in total. The summed E-state index contributed by atoms with van der Waals surface area (Å²) in [5.41, 5.74) is -3.19. The third-order valence-corrected chi connectivity index (χ3v) is 3.38. The second kappa shape index (κ2) is 6.57. The van der Waals surface area contributed by atoms with Gasteiger partial charge in [-0.2, -0.15) is 0 Å². The summed E-state index contributed by atoms with van der Waals surface area (Å²) >= 11 is 0. The van der Waals surface area contributed by atoms with E-state index in [-0.39, 0.29) is 6.42 Å². The van der Waals surface area contributed by atoms with E-state index in [2.05, 4.69) is 10.6 Å². The Kier molecular flexibility index (Phi) is 5.27. The van der Waals surface area contributed by atoms with Crippen molar-refractivity contribution < 1.29 is 24.6 Å². The number of rotatable bonds is 7. The summed E-state index contributed by atoms with van der Waals surface area (Å²) in [5, 5.41) is 23.6. The summed E-state index contributed by atoms with van der Waals surface area (Å²) < 4.78 is 0. The average molecular weight is 308 g/mol. The van der Waals surface area contributed by atoms with Crippen molar-refractivity contribution in [3.8, 4) is 0 Å². The topological polar surface area (TPSA) is 116 Å². The van der Waals surface area contributed by atoms with E-state index in [0.29, 0.717) is 5.69 Å². The van der Waals surface area contributed by atoms with Crippen molar-refractivity contribution in [3.63, 3.8) is 0 Å². The van der Waals surface area contributed by atoms with Crippen molar-refractivity contribution in [1.82, 2.24) is 5.32 Å². The fraction of sp³-hybridized carbons (Fsp3) is 0.400. The number of aliphatic carboxylic acids is 2. The Labute approximate surface area is 128 Å². The molecule has 1 rings (SSSR count). The number of carbonyl (C=O) groups is 3. The maximum atomic E-state index is 12.5. The minimum atomic E-state index is -2.04. The number of hydrogen-bond acceptors (Lipinski definition) is 4. The molecule has 4 N–H and O–H groups in total. The van der Waals surface area contributed by atoms with Gasteiger partial charge in [-0.05, 0) is 32.4 Å². The first-order valence-corrected chi connectivity index (χ1v) is 6.78. The molecule has 0 spiro atoms. The number of anilines is 1. The number of benzene rings is 1.